The zero-order valence-corrected chi connectivity index (χ0v) is 18.7. The number of aromatic nitrogens is 1. The molecule has 2 aliphatic rings. The number of thioether (sulfide) groups is 1. The molecule has 0 bridgehead atoms. The zero-order chi connectivity index (χ0) is 20.6. The van der Waals surface area contributed by atoms with E-state index in [1.807, 2.05) is 11.8 Å². The lowest BCUT2D eigenvalue weighted by Crippen LogP contribution is -2.22. The first-order valence-electron chi connectivity index (χ1n) is 10.7. The van der Waals surface area contributed by atoms with E-state index in [-0.39, 0.29) is 5.41 Å². The van der Waals surface area contributed by atoms with Crippen LogP contribution in [0.25, 0.3) is 22.2 Å². The Morgan fingerprint density at radius 2 is 1.67 bits per heavy atom. The van der Waals surface area contributed by atoms with Crippen molar-refractivity contribution in [3.8, 4) is 11.3 Å². The maximum absolute atomic E-state index is 5.14. The summed E-state index contributed by atoms with van der Waals surface area (Å²) in [6.07, 6.45) is 0. The van der Waals surface area contributed by atoms with Crippen molar-refractivity contribution in [3.63, 3.8) is 0 Å². The van der Waals surface area contributed by atoms with Crippen LogP contribution < -0.4 is 0 Å². The fourth-order valence-electron chi connectivity index (χ4n) is 5.86. The average Bonchev–Trinajstić information content (AvgIpc) is 3.22. The molecule has 0 spiro atoms. The molecule has 30 heavy (non-hydrogen) atoms. The molecule has 0 radical (unpaired) electrons. The van der Waals surface area contributed by atoms with Crippen LogP contribution in [-0.2, 0) is 5.41 Å². The fraction of sp³-hybridized carbons (Fsp3) is 0.250. The van der Waals surface area contributed by atoms with E-state index < -0.39 is 0 Å². The van der Waals surface area contributed by atoms with Gasteiger partial charge in [-0.05, 0) is 65.3 Å². The predicted octanol–water partition coefficient (Wildman–Crippen LogP) is 7.74. The van der Waals surface area contributed by atoms with Gasteiger partial charge in [0.2, 0.25) is 0 Å². The fourth-order valence-corrected chi connectivity index (χ4v) is 7.57. The van der Waals surface area contributed by atoms with Crippen LogP contribution >= 0.6 is 11.8 Å². The molecule has 0 amide bonds. The Morgan fingerprint density at radius 1 is 0.867 bits per heavy atom. The van der Waals surface area contributed by atoms with Crippen molar-refractivity contribution in [2.45, 2.75) is 49.2 Å². The standard InChI is InChI=1S/C28H25NS/c1-16-14-17(2)18-12-13-22(29-23(18)15-16)19-9-7-10-21-25(19)28(3,4)26-20-8-5-6-11-24(20)30-27(21)26/h5-15,26-27H,1-4H3. The number of pyridine rings is 1. The van der Waals surface area contributed by atoms with Crippen molar-refractivity contribution in [2.24, 2.45) is 0 Å². The second kappa shape index (κ2) is 6.21. The molecule has 1 nitrogen and oxygen atoms in total. The highest BCUT2D eigenvalue weighted by Crippen LogP contribution is 2.67. The topological polar surface area (TPSA) is 12.9 Å². The molecule has 3 aromatic carbocycles. The first-order chi connectivity index (χ1) is 14.4. The van der Waals surface area contributed by atoms with E-state index in [1.54, 1.807) is 0 Å². The Balaban J connectivity index is 1.56. The second-order valence-corrected chi connectivity index (χ2v) is 10.6. The molecule has 148 valence electrons. The smallest absolute Gasteiger partial charge is 0.0714 e. The maximum Gasteiger partial charge on any atom is 0.0714 e. The van der Waals surface area contributed by atoms with Crippen molar-refractivity contribution in [1.82, 2.24) is 4.98 Å². The first-order valence-corrected chi connectivity index (χ1v) is 11.6. The van der Waals surface area contributed by atoms with Gasteiger partial charge in [0.25, 0.3) is 0 Å². The van der Waals surface area contributed by atoms with E-state index in [9.17, 15) is 0 Å². The predicted molar refractivity (Wildman–Crippen MR) is 127 cm³/mol. The lowest BCUT2D eigenvalue weighted by Gasteiger charge is -2.29. The van der Waals surface area contributed by atoms with E-state index in [0.29, 0.717) is 11.2 Å². The molecule has 2 unspecified atom stereocenters. The summed E-state index contributed by atoms with van der Waals surface area (Å²) in [5, 5.41) is 1.75. The van der Waals surface area contributed by atoms with Gasteiger partial charge in [-0.25, -0.2) is 4.98 Å². The molecule has 0 fully saturated rings. The van der Waals surface area contributed by atoms with Gasteiger partial charge in [-0.2, -0.15) is 0 Å². The third-order valence-corrected chi connectivity index (χ3v) is 8.48. The molecular weight excluding hydrogens is 382 g/mol. The summed E-state index contributed by atoms with van der Waals surface area (Å²) in [6, 6.07) is 24.7. The van der Waals surface area contributed by atoms with Gasteiger partial charge in [0.15, 0.2) is 0 Å². The Bertz CT molecular complexity index is 1330. The number of hydrogen-bond donors (Lipinski definition) is 0. The zero-order valence-electron chi connectivity index (χ0n) is 17.9. The van der Waals surface area contributed by atoms with Crippen molar-refractivity contribution < 1.29 is 0 Å². The van der Waals surface area contributed by atoms with Crippen LogP contribution in [0.2, 0.25) is 0 Å². The monoisotopic (exact) mass is 407 g/mol. The summed E-state index contributed by atoms with van der Waals surface area (Å²) in [5.74, 6) is 0.514. The van der Waals surface area contributed by atoms with E-state index in [1.165, 1.54) is 43.7 Å². The molecule has 0 saturated heterocycles. The van der Waals surface area contributed by atoms with Crippen LogP contribution in [0, 0.1) is 13.8 Å². The number of hydrogen-bond acceptors (Lipinski definition) is 2. The van der Waals surface area contributed by atoms with Gasteiger partial charge < -0.3 is 0 Å². The molecule has 1 aliphatic heterocycles. The summed E-state index contributed by atoms with van der Waals surface area (Å²) in [6.45, 7) is 9.19. The van der Waals surface area contributed by atoms with Crippen LogP contribution in [0.15, 0.2) is 71.6 Å². The molecule has 2 heterocycles. The Morgan fingerprint density at radius 3 is 2.53 bits per heavy atom. The quantitative estimate of drug-likeness (QED) is 0.320. The van der Waals surface area contributed by atoms with Gasteiger partial charge >= 0.3 is 0 Å². The lowest BCUT2D eigenvalue weighted by molar-refractivity contribution is 0.446. The molecule has 4 aromatic rings. The van der Waals surface area contributed by atoms with E-state index in [4.69, 9.17) is 4.98 Å². The molecule has 1 aliphatic carbocycles. The van der Waals surface area contributed by atoms with Gasteiger partial charge in [0.05, 0.1) is 11.2 Å². The Kier molecular flexibility index (Phi) is 3.77. The van der Waals surface area contributed by atoms with Gasteiger partial charge in [-0.15, -0.1) is 11.8 Å². The Labute approximate surface area is 182 Å². The van der Waals surface area contributed by atoms with Crippen molar-refractivity contribution >= 4 is 22.7 Å². The van der Waals surface area contributed by atoms with Crippen LogP contribution in [-0.4, -0.2) is 4.98 Å². The number of nitrogens with zero attached hydrogens (tertiary/aromatic N) is 1. The first kappa shape index (κ1) is 18.2. The van der Waals surface area contributed by atoms with E-state index in [0.717, 1.165) is 11.2 Å². The third kappa shape index (κ3) is 2.40. The summed E-state index contributed by atoms with van der Waals surface area (Å²) in [4.78, 5) is 6.59. The highest BCUT2D eigenvalue weighted by atomic mass is 32.2. The third-order valence-electron chi connectivity index (χ3n) is 7.07. The average molecular weight is 408 g/mol. The van der Waals surface area contributed by atoms with Gasteiger partial charge in [0, 0.05) is 27.0 Å². The van der Waals surface area contributed by atoms with E-state index >= 15 is 0 Å². The van der Waals surface area contributed by atoms with Crippen LogP contribution in [0.3, 0.4) is 0 Å². The molecular formula is C28H25NS. The lowest BCUT2D eigenvalue weighted by atomic mass is 9.73. The number of benzene rings is 3. The van der Waals surface area contributed by atoms with Gasteiger partial charge in [-0.1, -0.05) is 62.4 Å². The second-order valence-electron chi connectivity index (χ2n) is 9.39. The van der Waals surface area contributed by atoms with Crippen LogP contribution in [0.5, 0.6) is 0 Å². The highest BCUT2D eigenvalue weighted by molar-refractivity contribution is 8.00. The van der Waals surface area contributed by atoms with Crippen molar-refractivity contribution in [2.75, 3.05) is 0 Å². The highest BCUT2D eigenvalue weighted by Gasteiger charge is 2.52. The number of fused-ring (bicyclic) bond motifs is 6. The largest absolute Gasteiger partial charge is 0.248 e. The molecule has 0 N–H and O–H groups in total. The molecule has 1 aromatic heterocycles. The molecule has 2 heteroatoms. The molecule has 2 atom stereocenters. The van der Waals surface area contributed by atoms with Gasteiger partial charge in [0.1, 0.15) is 0 Å². The van der Waals surface area contributed by atoms with Crippen LogP contribution in [0.4, 0.5) is 0 Å². The SMILES string of the molecule is Cc1cc(C)c2ccc(-c3cccc4c3C(C)(C)C3c5ccccc5SC43)nc2c1. The summed E-state index contributed by atoms with van der Waals surface area (Å²) >= 11 is 2.04. The van der Waals surface area contributed by atoms with Crippen molar-refractivity contribution in [3.05, 3.63) is 94.5 Å². The maximum atomic E-state index is 5.14. The number of aryl methyl sites for hydroxylation is 2. The minimum atomic E-state index is 0.0648. The normalized spacial score (nSPS) is 20.8. The number of rotatable bonds is 1. The van der Waals surface area contributed by atoms with Crippen molar-refractivity contribution in [1.29, 1.82) is 0 Å². The summed E-state index contributed by atoms with van der Waals surface area (Å²) in [5.41, 5.74) is 10.6. The Hall–Kier alpha value is -2.58. The molecule has 0 saturated carbocycles. The van der Waals surface area contributed by atoms with Crippen LogP contribution in [0.1, 0.15) is 52.8 Å². The minimum Gasteiger partial charge on any atom is -0.248 e. The summed E-state index contributed by atoms with van der Waals surface area (Å²) < 4.78 is 0. The minimum absolute atomic E-state index is 0.0648. The van der Waals surface area contributed by atoms with Gasteiger partial charge in [-0.3, -0.25) is 0 Å². The summed E-state index contributed by atoms with van der Waals surface area (Å²) in [7, 11) is 0. The van der Waals surface area contributed by atoms with E-state index in [2.05, 4.69) is 94.4 Å². The molecule has 6 rings (SSSR count).